The fraction of sp³-hybridized carbons (Fsp3) is 0.700. The van der Waals surface area contributed by atoms with Crippen LogP contribution in [0.3, 0.4) is 0 Å². The zero-order valence-corrected chi connectivity index (χ0v) is 16.6. The second-order valence-electron chi connectivity index (χ2n) is 8.22. The van der Waals surface area contributed by atoms with Crippen LogP contribution in [-0.2, 0) is 0 Å². The molecule has 6 nitrogen and oxygen atoms in total. The Kier molecular flexibility index (Phi) is 4.88. The first kappa shape index (κ1) is 17.7. The molecule has 0 aromatic carbocycles. The van der Waals surface area contributed by atoms with Crippen LogP contribution < -0.4 is 4.90 Å². The third-order valence-corrected chi connectivity index (χ3v) is 6.32. The van der Waals surface area contributed by atoms with Gasteiger partial charge >= 0.3 is 0 Å². The fourth-order valence-corrected chi connectivity index (χ4v) is 4.56. The van der Waals surface area contributed by atoms with Crippen LogP contribution >= 0.6 is 0 Å². The number of anilines is 1. The van der Waals surface area contributed by atoms with Gasteiger partial charge < -0.3 is 9.80 Å². The van der Waals surface area contributed by atoms with Crippen molar-refractivity contribution in [2.24, 2.45) is 5.92 Å². The summed E-state index contributed by atoms with van der Waals surface area (Å²) in [7, 11) is 2.23. The SMILES string of the molecule is Cc1cc(N2CCC(C(C)N3CCN(C)CC3)CC2)n2nc(C)cc2n1. The van der Waals surface area contributed by atoms with Crippen LogP contribution in [0.15, 0.2) is 12.1 Å². The maximum absolute atomic E-state index is 4.66. The normalized spacial score (nSPS) is 22.2. The summed E-state index contributed by atoms with van der Waals surface area (Å²) in [5, 5.41) is 4.66. The van der Waals surface area contributed by atoms with Crippen molar-refractivity contribution in [2.45, 2.75) is 39.7 Å². The van der Waals surface area contributed by atoms with Gasteiger partial charge in [-0.1, -0.05) is 0 Å². The second-order valence-corrected chi connectivity index (χ2v) is 8.22. The molecule has 0 radical (unpaired) electrons. The number of piperazine rings is 1. The highest BCUT2D eigenvalue weighted by Crippen LogP contribution is 2.28. The minimum atomic E-state index is 0.692. The van der Waals surface area contributed by atoms with Crippen molar-refractivity contribution < 1.29 is 0 Å². The van der Waals surface area contributed by atoms with Crippen LogP contribution in [0.5, 0.6) is 0 Å². The third kappa shape index (κ3) is 3.45. The number of fused-ring (bicyclic) bond motifs is 1. The lowest BCUT2D eigenvalue weighted by molar-refractivity contribution is 0.0813. The highest BCUT2D eigenvalue weighted by molar-refractivity contribution is 5.52. The topological polar surface area (TPSA) is 39.9 Å². The number of hydrogen-bond donors (Lipinski definition) is 0. The number of hydrogen-bond acceptors (Lipinski definition) is 5. The zero-order chi connectivity index (χ0) is 18.3. The Morgan fingerprint density at radius 2 is 1.65 bits per heavy atom. The number of rotatable bonds is 3. The van der Waals surface area contributed by atoms with E-state index in [-0.39, 0.29) is 0 Å². The first-order valence-electron chi connectivity index (χ1n) is 10.0. The minimum absolute atomic E-state index is 0.692. The highest BCUT2D eigenvalue weighted by Gasteiger charge is 2.30. The summed E-state index contributed by atoms with van der Waals surface area (Å²) in [5.74, 6) is 2.00. The monoisotopic (exact) mass is 356 g/mol. The van der Waals surface area contributed by atoms with Gasteiger partial charge in [0.05, 0.1) is 5.69 Å². The summed E-state index contributed by atoms with van der Waals surface area (Å²) in [6.07, 6.45) is 2.52. The summed E-state index contributed by atoms with van der Waals surface area (Å²) in [6.45, 7) is 13.6. The van der Waals surface area contributed by atoms with Crippen LogP contribution in [0.2, 0.25) is 0 Å². The van der Waals surface area contributed by atoms with Crippen LogP contribution in [0.25, 0.3) is 5.65 Å². The lowest BCUT2D eigenvalue weighted by Crippen LogP contribution is -2.51. The summed E-state index contributed by atoms with van der Waals surface area (Å²) in [6, 6.07) is 4.94. The molecule has 0 aliphatic carbocycles. The molecule has 4 heterocycles. The number of aryl methyl sites for hydroxylation is 2. The second kappa shape index (κ2) is 7.16. The predicted molar refractivity (Wildman–Crippen MR) is 106 cm³/mol. The molecule has 1 unspecified atom stereocenters. The van der Waals surface area contributed by atoms with E-state index in [0.717, 1.165) is 36.0 Å². The molecule has 2 fully saturated rings. The van der Waals surface area contributed by atoms with Crippen LogP contribution in [0.4, 0.5) is 5.82 Å². The quantitative estimate of drug-likeness (QED) is 0.843. The smallest absolute Gasteiger partial charge is 0.157 e. The zero-order valence-electron chi connectivity index (χ0n) is 16.6. The van der Waals surface area contributed by atoms with Gasteiger partial charge in [-0.2, -0.15) is 9.61 Å². The molecule has 2 aliphatic rings. The van der Waals surface area contributed by atoms with Crippen molar-refractivity contribution in [3.8, 4) is 0 Å². The molecule has 26 heavy (non-hydrogen) atoms. The number of aromatic nitrogens is 3. The van der Waals surface area contributed by atoms with Crippen molar-refractivity contribution in [3.63, 3.8) is 0 Å². The van der Waals surface area contributed by atoms with Gasteiger partial charge in [0.25, 0.3) is 0 Å². The van der Waals surface area contributed by atoms with E-state index in [9.17, 15) is 0 Å². The Morgan fingerprint density at radius 1 is 0.962 bits per heavy atom. The Bertz CT molecular complexity index is 753. The molecule has 0 bridgehead atoms. The van der Waals surface area contributed by atoms with E-state index in [1.54, 1.807) is 0 Å². The summed E-state index contributed by atoms with van der Waals surface area (Å²) >= 11 is 0. The molecule has 6 heteroatoms. The van der Waals surface area contributed by atoms with Crippen molar-refractivity contribution >= 4 is 11.5 Å². The molecule has 4 rings (SSSR count). The van der Waals surface area contributed by atoms with Crippen molar-refractivity contribution in [1.29, 1.82) is 0 Å². The predicted octanol–water partition coefficient (Wildman–Crippen LogP) is 2.20. The van der Waals surface area contributed by atoms with E-state index in [0.29, 0.717) is 6.04 Å². The maximum Gasteiger partial charge on any atom is 0.157 e. The molecule has 2 aromatic rings. The largest absolute Gasteiger partial charge is 0.356 e. The maximum atomic E-state index is 4.66. The Labute approximate surface area is 156 Å². The van der Waals surface area contributed by atoms with E-state index in [4.69, 9.17) is 0 Å². The fourth-order valence-electron chi connectivity index (χ4n) is 4.56. The van der Waals surface area contributed by atoms with E-state index in [1.165, 1.54) is 44.8 Å². The number of likely N-dealkylation sites (N-methyl/N-ethyl adjacent to an activating group) is 1. The van der Waals surface area contributed by atoms with Crippen LogP contribution in [-0.4, -0.2) is 76.8 Å². The third-order valence-electron chi connectivity index (χ3n) is 6.32. The van der Waals surface area contributed by atoms with Gasteiger partial charge in [0.2, 0.25) is 0 Å². The molecule has 2 aromatic heterocycles. The number of piperidine rings is 1. The van der Waals surface area contributed by atoms with Crippen LogP contribution in [0.1, 0.15) is 31.2 Å². The lowest BCUT2D eigenvalue weighted by Gasteiger charge is -2.43. The first-order valence-corrected chi connectivity index (χ1v) is 10.0. The van der Waals surface area contributed by atoms with Gasteiger partial charge in [0.15, 0.2) is 5.65 Å². The molecule has 0 saturated carbocycles. The van der Waals surface area contributed by atoms with E-state index in [1.807, 2.05) is 11.4 Å². The standard InChI is InChI=1S/C20H32N6/c1-15-14-20(26-19(21-15)13-16(2)22-26)25-7-5-18(6-8-25)17(3)24-11-9-23(4)10-12-24/h13-14,17-18H,5-12H2,1-4H3. The van der Waals surface area contributed by atoms with Crippen molar-refractivity contribution in [3.05, 3.63) is 23.5 Å². The van der Waals surface area contributed by atoms with Gasteiger partial charge in [-0.05, 0) is 46.6 Å². The summed E-state index contributed by atoms with van der Waals surface area (Å²) in [4.78, 5) is 12.3. The molecule has 2 saturated heterocycles. The lowest BCUT2D eigenvalue weighted by atomic mass is 9.89. The minimum Gasteiger partial charge on any atom is -0.356 e. The van der Waals surface area contributed by atoms with Crippen LogP contribution in [0, 0.1) is 19.8 Å². The van der Waals surface area contributed by atoms with E-state index < -0.39 is 0 Å². The molecule has 2 aliphatic heterocycles. The van der Waals surface area contributed by atoms with Gasteiger partial charge in [0, 0.05) is 63.1 Å². The molecule has 1 atom stereocenters. The molecule has 0 N–H and O–H groups in total. The van der Waals surface area contributed by atoms with Crippen molar-refractivity contribution in [2.75, 3.05) is 51.2 Å². The van der Waals surface area contributed by atoms with Gasteiger partial charge in [-0.3, -0.25) is 4.90 Å². The number of nitrogens with zero attached hydrogens (tertiary/aromatic N) is 6. The summed E-state index contributed by atoms with van der Waals surface area (Å²) in [5.41, 5.74) is 3.06. The van der Waals surface area contributed by atoms with Gasteiger partial charge in [-0.15, -0.1) is 0 Å². The average molecular weight is 357 g/mol. The Hall–Kier alpha value is -1.66. The highest BCUT2D eigenvalue weighted by atomic mass is 15.4. The molecule has 0 amide bonds. The average Bonchev–Trinajstić information content (AvgIpc) is 3.01. The Morgan fingerprint density at radius 3 is 2.35 bits per heavy atom. The van der Waals surface area contributed by atoms with Gasteiger partial charge in [-0.25, -0.2) is 4.98 Å². The van der Waals surface area contributed by atoms with E-state index in [2.05, 4.69) is 57.8 Å². The molecular weight excluding hydrogens is 324 g/mol. The molecule has 0 spiro atoms. The summed E-state index contributed by atoms with van der Waals surface area (Å²) < 4.78 is 2.02. The van der Waals surface area contributed by atoms with Gasteiger partial charge in [0.1, 0.15) is 5.82 Å². The first-order chi connectivity index (χ1) is 12.5. The van der Waals surface area contributed by atoms with E-state index >= 15 is 0 Å². The molecule has 142 valence electrons. The van der Waals surface area contributed by atoms with Crippen molar-refractivity contribution in [1.82, 2.24) is 24.4 Å². The molecular formula is C20H32N6. The Balaban J connectivity index is 1.44.